The minimum absolute atomic E-state index is 0.162. The number of aryl methyl sites for hydroxylation is 1. The average molecular weight is 289 g/mol. The molecule has 0 bridgehead atoms. The summed E-state index contributed by atoms with van der Waals surface area (Å²) in [5.41, 5.74) is 0.935. The molecule has 6 nitrogen and oxygen atoms in total. The minimum Gasteiger partial charge on any atom is -0.508 e. The van der Waals surface area contributed by atoms with Crippen LogP contribution in [0.5, 0.6) is 11.5 Å². The number of phenolic OH excluding ortho intramolecular Hbond substituents is 1. The molecule has 2 aromatic rings. The zero-order valence-corrected chi connectivity index (χ0v) is 12.1. The highest BCUT2D eigenvalue weighted by Crippen LogP contribution is 2.17. The second kappa shape index (κ2) is 6.78. The zero-order chi connectivity index (χ0) is 15.2. The summed E-state index contributed by atoms with van der Waals surface area (Å²) in [5.74, 6) is 0.522. The Labute approximate surface area is 123 Å². The maximum Gasteiger partial charge on any atom is 0.260 e. The molecule has 1 unspecified atom stereocenters. The van der Waals surface area contributed by atoms with E-state index in [9.17, 15) is 9.90 Å². The van der Waals surface area contributed by atoms with Crippen molar-refractivity contribution in [2.75, 3.05) is 6.54 Å². The van der Waals surface area contributed by atoms with E-state index in [-0.39, 0.29) is 11.7 Å². The normalized spacial score (nSPS) is 11.9. The summed E-state index contributed by atoms with van der Waals surface area (Å²) in [6, 6.07) is 6.27. The smallest absolute Gasteiger partial charge is 0.260 e. The van der Waals surface area contributed by atoms with Gasteiger partial charge in [0, 0.05) is 26.2 Å². The molecule has 0 fully saturated rings. The van der Waals surface area contributed by atoms with Gasteiger partial charge in [-0.1, -0.05) is 0 Å². The lowest BCUT2D eigenvalue weighted by molar-refractivity contribution is -0.127. The Bertz CT molecular complexity index is 592. The number of rotatable bonds is 6. The van der Waals surface area contributed by atoms with Crippen molar-refractivity contribution in [2.24, 2.45) is 7.05 Å². The highest BCUT2D eigenvalue weighted by molar-refractivity contribution is 5.80. The first-order chi connectivity index (χ1) is 10.0. The predicted molar refractivity (Wildman–Crippen MR) is 78.1 cm³/mol. The van der Waals surface area contributed by atoms with Crippen molar-refractivity contribution in [3.63, 3.8) is 0 Å². The van der Waals surface area contributed by atoms with Crippen LogP contribution in [0, 0.1) is 0 Å². The van der Waals surface area contributed by atoms with Gasteiger partial charge in [0.2, 0.25) is 0 Å². The van der Waals surface area contributed by atoms with Gasteiger partial charge >= 0.3 is 0 Å². The van der Waals surface area contributed by atoms with Crippen LogP contribution >= 0.6 is 0 Å². The predicted octanol–water partition coefficient (Wildman–Crippen LogP) is 1.25. The lowest BCUT2D eigenvalue weighted by Gasteiger charge is -2.14. The third kappa shape index (κ3) is 4.52. The number of hydrogen-bond donors (Lipinski definition) is 2. The fraction of sp³-hybridized carbons (Fsp3) is 0.333. The summed E-state index contributed by atoms with van der Waals surface area (Å²) in [7, 11) is 1.91. The number of amides is 1. The van der Waals surface area contributed by atoms with Crippen molar-refractivity contribution >= 4 is 5.91 Å². The number of carbonyl (C=O) groups is 1. The average Bonchev–Trinajstić information content (AvgIpc) is 2.87. The van der Waals surface area contributed by atoms with Gasteiger partial charge in [-0.2, -0.15) is 0 Å². The van der Waals surface area contributed by atoms with Crippen LogP contribution < -0.4 is 10.1 Å². The topological polar surface area (TPSA) is 76.4 Å². The van der Waals surface area contributed by atoms with E-state index in [4.69, 9.17) is 4.74 Å². The third-order valence-electron chi connectivity index (χ3n) is 2.96. The van der Waals surface area contributed by atoms with Crippen LogP contribution in [0.15, 0.2) is 36.8 Å². The summed E-state index contributed by atoms with van der Waals surface area (Å²) in [4.78, 5) is 16.1. The van der Waals surface area contributed by atoms with E-state index in [2.05, 4.69) is 10.3 Å². The molecule has 6 heteroatoms. The molecule has 0 radical (unpaired) electrons. The lowest BCUT2D eigenvalue weighted by atomic mass is 10.3. The van der Waals surface area contributed by atoms with E-state index >= 15 is 0 Å². The standard InChI is InChI=1S/C15H19N3O3/c1-11(21-14-5-3-13(19)4-6-14)15(20)16-8-7-12-9-18(2)10-17-12/h3-6,9-11,19H,7-8H2,1-2H3,(H,16,20). The number of carbonyl (C=O) groups excluding carboxylic acids is 1. The third-order valence-corrected chi connectivity index (χ3v) is 2.96. The van der Waals surface area contributed by atoms with E-state index in [0.29, 0.717) is 18.7 Å². The van der Waals surface area contributed by atoms with Crippen LogP contribution in [0.3, 0.4) is 0 Å². The lowest BCUT2D eigenvalue weighted by Crippen LogP contribution is -2.37. The number of aromatic nitrogens is 2. The van der Waals surface area contributed by atoms with Crippen molar-refractivity contribution in [1.29, 1.82) is 0 Å². The van der Waals surface area contributed by atoms with Crippen LogP contribution in [0.1, 0.15) is 12.6 Å². The van der Waals surface area contributed by atoms with Crippen molar-refractivity contribution < 1.29 is 14.6 Å². The molecule has 0 aliphatic heterocycles. The first-order valence-electron chi connectivity index (χ1n) is 6.75. The maximum absolute atomic E-state index is 11.9. The Hall–Kier alpha value is -2.50. The molecule has 2 N–H and O–H groups in total. The van der Waals surface area contributed by atoms with Crippen LogP contribution in [0.2, 0.25) is 0 Å². The van der Waals surface area contributed by atoms with Crippen LogP contribution in [0.4, 0.5) is 0 Å². The van der Waals surface area contributed by atoms with Crippen LogP contribution in [-0.2, 0) is 18.3 Å². The summed E-state index contributed by atoms with van der Waals surface area (Å²) in [6.07, 6.45) is 3.73. The molecule has 1 amide bonds. The molecular weight excluding hydrogens is 270 g/mol. The highest BCUT2D eigenvalue weighted by Gasteiger charge is 2.14. The number of nitrogens with zero attached hydrogens (tertiary/aromatic N) is 2. The molecular formula is C15H19N3O3. The summed E-state index contributed by atoms with van der Waals surface area (Å²) in [5, 5.41) is 12.0. The largest absolute Gasteiger partial charge is 0.508 e. The van der Waals surface area contributed by atoms with E-state index in [1.807, 2.05) is 17.8 Å². The first kappa shape index (κ1) is 14.9. The van der Waals surface area contributed by atoms with Crippen LogP contribution in [0.25, 0.3) is 0 Å². The molecule has 2 rings (SSSR count). The van der Waals surface area contributed by atoms with Gasteiger partial charge in [0.1, 0.15) is 11.5 Å². The van der Waals surface area contributed by atoms with Gasteiger partial charge in [-0.15, -0.1) is 0 Å². The van der Waals surface area contributed by atoms with Crippen molar-refractivity contribution in [3.8, 4) is 11.5 Å². The fourth-order valence-electron chi connectivity index (χ4n) is 1.84. The number of nitrogens with one attached hydrogen (secondary N) is 1. The van der Waals surface area contributed by atoms with Gasteiger partial charge in [0.25, 0.3) is 5.91 Å². The molecule has 112 valence electrons. The number of hydrogen-bond acceptors (Lipinski definition) is 4. The molecule has 1 heterocycles. The van der Waals surface area contributed by atoms with Crippen LogP contribution in [-0.4, -0.2) is 33.2 Å². The maximum atomic E-state index is 11.9. The first-order valence-corrected chi connectivity index (χ1v) is 6.75. The molecule has 0 saturated carbocycles. The number of aromatic hydroxyl groups is 1. The van der Waals surface area contributed by atoms with Crippen molar-refractivity contribution in [1.82, 2.24) is 14.9 Å². The molecule has 0 saturated heterocycles. The van der Waals surface area contributed by atoms with E-state index in [0.717, 1.165) is 5.69 Å². The molecule has 1 atom stereocenters. The number of benzene rings is 1. The van der Waals surface area contributed by atoms with Gasteiger partial charge in [0.05, 0.1) is 12.0 Å². The van der Waals surface area contributed by atoms with Gasteiger partial charge in [-0.05, 0) is 31.2 Å². The highest BCUT2D eigenvalue weighted by atomic mass is 16.5. The van der Waals surface area contributed by atoms with Gasteiger partial charge < -0.3 is 19.7 Å². The Kier molecular flexibility index (Phi) is 4.81. The molecule has 0 aliphatic carbocycles. The van der Waals surface area contributed by atoms with Crippen molar-refractivity contribution in [3.05, 3.63) is 42.5 Å². The summed E-state index contributed by atoms with van der Waals surface area (Å²) in [6.45, 7) is 2.20. The number of ether oxygens (including phenoxy) is 1. The SMILES string of the molecule is CC(Oc1ccc(O)cc1)C(=O)NCCc1cn(C)cn1. The molecule has 1 aromatic carbocycles. The number of imidazole rings is 1. The fourth-order valence-corrected chi connectivity index (χ4v) is 1.84. The summed E-state index contributed by atoms with van der Waals surface area (Å²) < 4.78 is 7.36. The van der Waals surface area contributed by atoms with E-state index in [1.165, 1.54) is 12.1 Å². The molecule has 0 spiro atoms. The van der Waals surface area contributed by atoms with Gasteiger partial charge in [-0.25, -0.2) is 4.98 Å². The number of phenols is 1. The van der Waals surface area contributed by atoms with Gasteiger partial charge in [0.15, 0.2) is 6.10 Å². The van der Waals surface area contributed by atoms with E-state index in [1.54, 1.807) is 25.4 Å². The molecule has 0 aliphatic rings. The second-order valence-corrected chi connectivity index (χ2v) is 4.83. The monoisotopic (exact) mass is 289 g/mol. The molecule has 1 aromatic heterocycles. The Morgan fingerprint density at radius 3 is 2.76 bits per heavy atom. The Morgan fingerprint density at radius 2 is 2.14 bits per heavy atom. The second-order valence-electron chi connectivity index (χ2n) is 4.83. The Morgan fingerprint density at radius 1 is 1.43 bits per heavy atom. The summed E-state index contributed by atoms with van der Waals surface area (Å²) >= 11 is 0. The molecule has 21 heavy (non-hydrogen) atoms. The van der Waals surface area contributed by atoms with E-state index < -0.39 is 6.10 Å². The van der Waals surface area contributed by atoms with Gasteiger partial charge in [-0.3, -0.25) is 4.79 Å². The quantitative estimate of drug-likeness (QED) is 0.839. The zero-order valence-electron chi connectivity index (χ0n) is 12.1. The van der Waals surface area contributed by atoms with Crippen molar-refractivity contribution in [2.45, 2.75) is 19.4 Å². The minimum atomic E-state index is -0.599. The Balaban J connectivity index is 1.75.